The second kappa shape index (κ2) is 3.97. The largest absolute Gasteiger partial charge is 0.330 e. The molecule has 0 fully saturated rings. The van der Waals surface area contributed by atoms with Crippen molar-refractivity contribution < 1.29 is 0 Å². The highest BCUT2D eigenvalue weighted by Gasteiger charge is 2.03. The lowest BCUT2D eigenvalue weighted by Gasteiger charge is -2.04. The number of hydrogen-bond donors (Lipinski definition) is 1. The highest BCUT2D eigenvalue weighted by molar-refractivity contribution is 5.21. The van der Waals surface area contributed by atoms with Gasteiger partial charge in [0.25, 0.3) is 0 Å². The predicted octanol–water partition coefficient (Wildman–Crippen LogP) is 0.163. The van der Waals surface area contributed by atoms with Gasteiger partial charge in [-0.3, -0.25) is 4.57 Å². The molecule has 0 aliphatic carbocycles. The van der Waals surface area contributed by atoms with Gasteiger partial charge < -0.3 is 5.73 Å². The summed E-state index contributed by atoms with van der Waals surface area (Å²) in [5.41, 5.74) is 5.48. The lowest BCUT2D eigenvalue weighted by Crippen LogP contribution is -2.09. The van der Waals surface area contributed by atoms with Gasteiger partial charge in [0.15, 0.2) is 0 Å². The summed E-state index contributed by atoms with van der Waals surface area (Å²) in [6.45, 7) is 0.585. The van der Waals surface area contributed by atoms with E-state index in [0.717, 1.165) is 18.1 Å². The molecular weight excluding hydrogens is 178 g/mol. The van der Waals surface area contributed by atoms with Crippen LogP contribution in [0, 0.1) is 0 Å². The molecule has 14 heavy (non-hydrogen) atoms. The summed E-state index contributed by atoms with van der Waals surface area (Å²) in [6.07, 6.45) is 7.58. The molecule has 0 aliphatic rings. The summed E-state index contributed by atoms with van der Waals surface area (Å²) in [5, 5.41) is 0. The van der Waals surface area contributed by atoms with Crippen LogP contribution in [0.5, 0.6) is 0 Å². The van der Waals surface area contributed by atoms with E-state index in [0.29, 0.717) is 6.54 Å². The molecule has 5 nitrogen and oxygen atoms in total. The first-order valence-corrected chi connectivity index (χ1v) is 4.40. The van der Waals surface area contributed by atoms with Gasteiger partial charge in [0.2, 0.25) is 0 Å². The van der Waals surface area contributed by atoms with Crippen LogP contribution in [-0.4, -0.2) is 26.1 Å². The van der Waals surface area contributed by atoms with Crippen molar-refractivity contribution in [1.82, 2.24) is 19.5 Å². The van der Waals surface area contributed by atoms with Gasteiger partial charge in [0.1, 0.15) is 18.0 Å². The Balaban J connectivity index is 2.37. The fraction of sp³-hybridized carbons (Fsp3) is 0.222. The van der Waals surface area contributed by atoms with Crippen LogP contribution in [0.25, 0.3) is 5.82 Å². The summed E-state index contributed by atoms with van der Waals surface area (Å²) in [7, 11) is 0. The molecule has 2 aromatic heterocycles. The Hall–Kier alpha value is -1.75. The Kier molecular flexibility index (Phi) is 2.51. The third-order valence-corrected chi connectivity index (χ3v) is 1.90. The third kappa shape index (κ3) is 1.62. The van der Waals surface area contributed by atoms with Crippen LogP contribution in [0.2, 0.25) is 0 Å². The van der Waals surface area contributed by atoms with Crippen molar-refractivity contribution in [2.45, 2.75) is 6.42 Å². The van der Waals surface area contributed by atoms with Crippen molar-refractivity contribution in [3.63, 3.8) is 0 Å². The van der Waals surface area contributed by atoms with Crippen molar-refractivity contribution in [2.75, 3.05) is 6.54 Å². The van der Waals surface area contributed by atoms with Gasteiger partial charge in [-0.1, -0.05) is 0 Å². The predicted molar refractivity (Wildman–Crippen MR) is 51.9 cm³/mol. The second-order valence-electron chi connectivity index (χ2n) is 2.82. The average Bonchev–Trinajstić information content (AvgIpc) is 2.68. The van der Waals surface area contributed by atoms with E-state index >= 15 is 0 Å². The van der Waals surface area contributed by atoms with Gasteiger partial charge in [0.05, 0.1) is 0 Å². The molecule has 0 radical (unpaired) electrons. The molecule has 0 saturated carbocycles. The summed E-state index contributed by atoms with van der Waals surface area (Å²) >= 11 is 0. The van der Waals surface area contributed by atoms with Gasteiger partial charge in [-0.25, -0.2) is 15.0 Å². The SMILES string of the molecule is NCCc1nccn1-c1ccncn1. The quantitative estimate of drug-likeness (QED) is 0.746. The Labute approximate surface area is 81.6 Å². The third-order valence-electron chi connectivity index (χ3n) is 1.90. The van der Waals surface area contributed by atoms with E-state index < -0.39 is 0 Å². The number of nitrogens with two attached hydrogens (primary N) is 1. The normalized spacial score (nSPS) is 10.4. The van der Waals surface area contributed by atoms with Gasteiger partial charge >= 0.3 is 0 Å². The molecule has 0 atom stereocenters. The first-order valence-electron chi connectivity index (χ1n) is 4.40. The number of imidazole rings is 1. The zero-order valence-corrected chi connectivity index (χ0v) is 7.67. The highest BCUT2D eigenvalue weighted by Crippen LogP contribution is 2.06. The van der Waals surface area contributed by atoms with Crippen molar-refractivity contribution in [2.24, 2.45) is 5.73 Å². The van der Waals surface area contributed by atoms with Gasteiger partial charge in [0, 0.05) is 25.0 Å². The fourth-order valence-corrected chi connectivity index (χ4v) is 1.28. The minimum atomic E-state index is 0.585. The fourth-order valence-electron chi connectivity index (χ4n) is 1.28. The molecule has 5 heteroatoms. The number of aromatic nitrogens is 4. The molecule has 2 rings (SSSR count). The zero-order valence-electron chi connectivity index (χ0n) is 7.67. The topological polar surface area (TPSA) is 69.6 Å². The number of hydrogen-bond acceptors (Lipinski definition) is 4. The van der Waals surface area contributed by atoms with Crippen LogP contribution in [0.15, 0.2) is 31.0 Å². The molecule has 0 unspecified atom stereocenters. The van der Waals surface area contributed by atoms with Crippen LogP contribution in [0.3, 0.4) is 0 Å². The van der Waals surface area contributed by atoms with Gasteiger partial charge in [-0.2, -0.15) is 0 Å². The van der Waals surface area contributed by atoms with Crippen LogP contribution in [0.1, 0.15) is 5.82 Å². The Morgan fingerprint density at radius 2 is 2.21 bits per heavy atom. The van der Waals surface area contributed by atoms with Crippen LogP contribution in [-0.2, 0) is 6.42 Å². The average molecular weight is 189 g/mol. The first-order chi connectivity index (χ1) is 6.92. The molecule has 0 bridgehead atoms. The van der Waals surface area contributed by atoms with Crippen LogP contribution < -0.4 is 5.73 Å². The molecule has 0 saturated heterocycles. The summed E-state index contributed by atoms with van der Waals surface area (Å²) in [6, 6.07) is 1.84. The van der Waals surface area contributed by atoms with Crippen molar-refractivity contribution in [3.8, 4) is 5.82 Å². The van der Waals surface area contributed by atoms with Crippen LogP contribution >= 0.6 is 0 Å². The molecule has 0 spiro atoms. The maximum absolute atomic E-state index is 5.48. The molecule has 72 valence electrons. The zero-order chi connectivity index (χ0) is 9.80. The Morgan fingerprint density at radius 3 is 2.93 bits per heavy atom. The summed E-state index contributed by atoms with van der Waals surface area (Å²) < 4.78 is 1.91. The van der Waals surface area contributed by atoms with Crippen molar-refractivity contribution in [3.05, 3.63) is 36.8 Å². The first kappa shape index (κ1) is 8.83. The summed E-state index contributed by atoms with van der Waals surface area (Å²) in [5.74, 6) is 1.74. The smallest absolute Gasteiger partial charge is 0.141 e. The highest BCUT2D eigenvalue weighted by atomic mass is 15.1. The lowest BCUT2D eigenvalue weighted by atomic mass is 10.4. The van der Waals surface area contributed by atoms with Crippen molar-refractivity contribution in [1.29, 1.82) is 0 Å². The van der Waals surface area contributed by atoms with E-state index in [1.54, 1.807) is 12.4 Å². The molecule has 2 heterocycles. The van der Waals surface area contributed by atoms with E-state index in [4.69, 9.17) is 5.73 Å². The maximum Gasteiger partial charge on any atom is 0.141 e. The molecule has 0 amide bonds. The molecule has 0 aromatic carbocycles. The van der Waals surface area contributed by atoms with Crippen molar-refractivity contribution >= 4 is 0 Å². The standard InChI is InChI=1S/C9H11N5/c10-3-1-8-12-5-6-14(8)9-2-4-11-7-13-9/h2,4-7H,1,3,10H2. The van der Waals surface area contributed by atoms with Crippen LogP contribution in [0.4, 0.5) is 0 Å². The van der Waals surface area contributed by atoms with E-state index in [1.165, 1.54) is 6.33 Å². The minimum Gasteiger partial charge on any atom is -0.330 e. The lowest BCUT2D eigenvalue weighted by molar-refractivity contribution is 0.820. The van der Waals surface area contributed by atoms with E-state index in [2.05, 4.69) is 15.0 Å². The monoisotopic (exact) mass is 189 g/mol. The van der Waals surface area contributed by atoms with E-state index in [-0.39, 0.29) is 0 Å². The molecule has 2 N–H and O–H groups in total. The van der Waals surface area contributed by atoms with E-state index in [9.17, 15) is 0 Å². The summed E-state index contributed by atoms with van der Waals surface area (Å²) in [4.78, 5) is 12.2. The van der Waals surface area contributed by atoms with Gasteiger partial charge in [-0.05, 0) is 12.6 Å². The Bertz CT molecular complexity index is 395. The Morgan fingerprint density at radius 1 is 1.29 bits per heavy atom. The second-order valence-corrected chi connectivity index (χ2v) is 2.82. The molecule has 2 aromatic rings. The minimum absolute atomic E-state index is 0.585. The molecule has 0 aliphatic heterocycles. The maximum atomic E-state index is 5.48. The van der Waals surface area contributed by atoms with E-state index in [1.807, 2.05) is 16.8 Å². The number of rotatable bonds is 3. The van der Waals surface area contributed by atoms with Gasteiger partial charge in [-0.15, -0.1) is 0 Å². The molecular formula is C9H11N5. The number of nitrogens with zero attached hydrogens (tertiary/aromatic N) is 4.